The fourth-order valence-corrected chi connectivity index (χ4v) is 2.31. The second-order valence-corrected chi connectivity index (χ2v) is 4.76. The summed E-state index contributed by atoms with van der Waals surface area (Å²) >= 11 is 0. The number of pyridine rings is 1. The number of alkyl halides is 3. The summed E-state index contributed by atoms with van der Waals surface area (Å²) in [5.41, 5.74) is -2.99. The lowest BCUT2D eigenvalue weighted by Crippen LogP contribution is -2.25. The molecule has 132 valence electrons. The van der Waals surface area contributed by atoms with E-state index in [0.717, 1.165) is 0 Å². The fourth-order valence-electron chi connectivity index (χ4n) is 2.31. The van der Waals surface area contributed by atoms with E-state index in [0.29, 0.717) is 18.2 Å². The average Bonchev–Trinajstić information content (AvgIpc) is 2.44. The highest BCUT2D eigenvalue weighted by Gasteiger charge is 2.38. The van der Waals surface area contributed by atoms with Crippen LogP contribution in [0.15, 0.2) is 23.0 Å². The van der Waals surface area contributed by atoms with Crippen molar-refractivity contribution in [2.24, 2.45) is 0 Å². The van der Waals surface area contributed by atoms with E-state index in [1.807, 2.05) is 0 Å². The number of halogens is 4. The molecule has 0 amide bonds. The van der Waals surface area contributed by atoms with Crippen molar-refractivity contribution in [2.45, 2.75) is 6.18 Å². The van der Waals surface area contributed by atoms with Gasteiger partial charge in [0.05, 0.1) is 5.56 Å². The zero-order valence-corrected chi connectivity index (χ0v) is 11.9. The van der Waals surface area contributed by atoms with Crippen LogP contribution in [0.5, 0.6) is 0 Å². The van der Waals surface area contributed by atoms with Crippen molar-refractivity contribution >= 4 is 17.8 Å². The molecule has 0 radical (unpaired) electrons. The lowest BCUT2D eigenvalue weighted by atomic mass is 9.91. The molecule has 5 N–H and O–H groups in total. The van der Waals surface area contributed by atoms with Crippen LogP contribution in [0.25, 0.3) is 11.1 Å². The van der Waals surface area contributed by atoms with Crippen molar-refractivity contribution in [1.29, 1.82) is 0 Å². The number of nitrogen functional groups attached to an aromatic ring is 1. The lowest BCUT2D eigenvalue weighted by molar-refractivity contribution is -0.137. The maximum absolute atomic E-state index is 14.2. The van der Waals surface area contributed by atoms with Crippen molar-refractivity contribution in [1.82, 2.24) is 4.98 Å². The van der Waals surface area contributed by atoms with Gasteiger partial charge in [-0.3, -0.25) is 4.79 Å². The van der Waals surface area contributed by atoms with Crippen molar-refractivity contribution in [3.8, 4) is 11.1 Å². The van der Waals surface area contributed by atoms with Gasteiger partial charge in [-0.05, 0) is 12.1 Å². The fraction of sp³-hybridized carbons (Fsp3) is 0.0714. The van der Waals surface area contributed by atoms with Gasteiger partial charge in [-0.2, -0.15) is 13.2 Å². The number of aromatic amines is 1. The van der Waals surface area contributed by atoms with E-state index in [-0.39, 0.29) is 0 Å². The van der Waals surface area contributed by atoms with Gasteiger partial charge >= 0.3 is 18.1 Å². The van der Waals surface area contributed by atoms with Crippen LogP contribution in [0.4, 0.5) is 23.4 Å². The van der Waals surface area contributed by atoms with Gasteiger partial charge in [-0.1, -0.05) is 6.07 Å². The molecule has 0 saturated heterocycles. The third-order valence-electron chi connectivity index (χ3n) is 3.24. The minimum Gasteiger partial charge on any atom is -0.478 e. The maximum Gasteiger partial charge on any atom is 0.417 e. The van der Waals surface area contributed by atoms with Gasteiger partial charge in [0.2, 0.25) is 0 Å². The summed E-state index contributed by atoms with van der Waals surface area (Å²) in [5.74, 6) is -6.46. The second kappa shape index (κ2) is 5.92. The van der Waals surface area contributed by atoms with E-state index in [1.54, 1.807) is 4.98 Å². The van der Waals surface area contributed by atoms with Crippen LogP contribution in [0, 0.1) is 5.82 Å². The Morgan fingerprint density at radius 1 is 1.04 bits per heavy atom. The molecule has 11 heteroatoms. The standard InChI is InChI=1S/C14H8F4N2O5/c15-5-3-1-2-4(14(16,17)18)6(5)7-8(12(22)23)10(19)20-11(21)9(7)13(24)25/h1-3H,(H,22,23)(H,24,25)(H3,19,20,21). The highest BCUT2D eigenvalue weighted by atomic mass is 19.4. The lowest BCUT2D eigenvalue weighted by Gasteiger charge is -2.17. The molecule has 2 aromatic rings. The van der Waals surface area contributed by atoms with Crippen LogP contribution >= 0.6 is 0 Å². The minimum atomic E-state index is -5.15. The molecule has 0 bridgehead atoms. The van der Waals surface area contributed by atoms with Crippen LogP contribution in [0.3, 0.4) is 0 Å². The molecule has 0 aliphatic rings. The summed E-state index contributed by atoms with van der Waals surface area (Å²) < 4.78 is 53.8. The number of carboxylic acid groups (broad SMARTS) is 2. The van der Waals surface area contributed by atoms with E-state index in [2.05, 4.69) is 0 Å². The summed E-state index contributed by atoms with van der Waals surface area (Å²) in [4.78, 5) is 36.2. The van der Waals surface area contributed by atoms with Crippen LogP contribution in [0.2, 0.25) is 0 Å². The van der Waals surface area contributed by atoms with E-state index >= 15 is 0 Å². The molecule has 1 aromatic carbocycles. The Balaban J connectivity index is 3.16. The number of aromatic nitrogens is 1. The Morgan fingerprint density at radius 3 is 2.08 bits per heavy atom. The Bertz CT molecular complexity index is 949. The van der Waals surface area contributed by atoms with Gasteiger partial charge in [0, 0.05) is 11.1 Å². The van der Waals surface area contributed by atoms with Gasteiger partial charge in [-0.25, -0.2) is 14.0 Å². The van der Waals surface area contributed by atoms with Crippen molar-refractivity contribution in [3.05, 3.63) is 51.1 Å². The van der Waals surface area contributed by atoms with Gasteiger partial charge in [0.15, 0.2) is 0 Å². The summed E-state index contributed by atoms with van der Waals surface area (Å²) in [6, 6.07) is 1.70. The number of rotatable bonds is 3. The van der Waals surface area contributed by atoms with Gasteiger partial charge < -0.3 is 20.9 Å². The number of aromatic carboxylic acids is 2. The molecule has 7 nitrogen and oxygen atoms in total. The van der Waals surface area contributed by atoms with E-state index in [9.17, 15) is 37.1 Å². The van der Waals surface area contributed by atoms with E-state index in [4.69, 9.17) is 10.8 Å². The number of nitrogens with two attached hydrogens (primary N) is 1. The molecule has 2 rings (SSSR count). The molecule has 0 aliphatic carbocycles. The number of H-pyrrole nitrogens is 1. The molecule has 0 atom stereocenters. The number of nitrogens with one attached hydrogen (secondary N) is 1. The number of benzene rings is 1. The smallest absolute Gasteiger partial charge is 0.417 e. The average molecular weight is 360 g/mol. The Labute approximate surface area is 135 Å². The van der Waals surface area contributed by atoms with Crippen LogP contribution < -0.4 is 11.3 Å². The van der Waals surface area contributed by atoms with Crippen molar-refractivity contribution < 1.29 is 37.4 Å². The Hall–Kier alpha value is -3.37. The van der Waals surface area contributed by atoms with Gasteiger partial charge in [-0.15, -0.1) is 0 Å². The molecule has 0 spiro atoms. The SMILES string of the molecule is Nc1[nH]c(=O)c(C(=O)O)c(-c2c(F)cccc2C(F)(F)F)c1C(=O)O. The predicted octanol–water partition coefficient (Wildman–Crippen LogP) is 2.18. The van der Waals surface area contributed by atoms with E-state index in [1.165, 1.54) is 0 Å². The molecule has 0 unspecified atom stereocenters. The number of anilines is 1. The summed E-state index contributed by atoms with van der Waals surface area (Å²) in [6.07, 6.45) is -5.15. The predicted molar refractivity (Wildman–Crippen MR) is 75.8 cm³/mol. The largest absolute Gasteiger partial charge is 0.478 e. The number of hydrogen-bond donors (Lipinski definition) is 4. The topological polar surface area (TPSA) is 133 Å². The summed E-state index contributed by atoms with van der Waals surface area (Å²) in [7, 11) is 0. The maximum atomic E-state index is 14.2. The third kappa shape index (κ3) is 3.03. The molecule has 1 heterocycles. The van der Waals surface area contributed by atoms with Crippen molar-refractivity contribution in [2.75, 3.05) is 5.73 Å². The quantitative estimate of drug-likeness (QED) is 0.620. The first-order chi connectivity index (χ1) is 11.5. The normalized spacial score (nSPS) is 11.4. The molecule has 0 fully saturated rings. The number of hydrogen-bond acceptors (Lipinski definition) is 4. The summed E-state index contributed by atoms with van der Waals surface area (Å²) in [5, 5.41) is 18.3. The minimum absolute atomic E-state index is 0.424. The first kappa shape index (κ1) is 18.0. The monoisotopic (exact) mass is 360 g/mol. The molecule has 0 saturated carbocycles. The Morgan fingerprint density at radius 2 is 1.60 bits per heavy atom. The highest BCUT2D eigenvalue weighted by molar-refractivity contribution is 6.07. The highest BCUT2D eigenvalue weighted by Crippen LogP contribution is 2.41. The first-order valence-corrected chi connectivity index (χ1v) is 6.35. The van der Waals surface area contributed by atoms with E-state index < -0.39 is 63.1 Å². The Kier molecular flexibility index (Phi) is 4.26. The summed E-state index contributed by atoms with van der Waals surface area (Å²) in [6.45, 7) is 0. The molecule has 25 heavy (non-hydrogen) atoms. The molecule has 1 aromatic heterocycles. The first-order valence-electron chi connectivity index (χ1n) is 6.35. The molecular weight excluding hydrogens is 352 g/mol. The van der Waals surface area contributed by atoms with Crippen LogP contribution in [-0.2, 0) is 6.18 Å². The molecule has 0 aliphatic heterocycles. The zero-order chi connectivity index (χ0) is 19.1. The second-order valence-electron chi connectivity index (χ2n) is 4.76. The van der Waals surface area contributed by atoms with Crippen LogP contribution in [0.1, 0.15) is 26.3 Å². The third-order valence-corrected chi connectivity index (χ3v) is 3.24. The van der Waals surface area contributed by atoms with Gasteiger partial charge in [0.25, 0.3) is 5.56 Å². The number of carboxylic acids is 2. The van der Waals surface area contributed by atoms with Gasteiger partial charge in [0.1, 0.15) is 22.8 Å². The zero-order valence-electron chi connectivity index (χ0n) is 11.9. The number of carbonyl (C=O) groups is 2. The molecular formula is C14H8F4N2O5. The van der Waals surface area contributed by atoms with Crippen molar-refractivity contribution in [3.63, 3.8) is 0 Å². The van der Waals surface area contributed by atoms with Crippen LogP contribution in [-0.4, -0.2) is 27.1 Å².